The van der Waals surface area contributed by atoms with E-state index in [2.05, 4.69) is 4.72 Å². The first-order valence-electron chi connectivity index (χ1n) is 7.55. The van der Waals surface area contributed by atoms with Gasteiger partial charge >= 0.3 is 7.12 Å². The average Bonchev–Trinajstić information content (AvgIpc) is 2.67. The summed E-state index contributed by atoms with van der Waals surface area (Å²) in [4.78, 5) is 0. The van der Waals surface area contributed by atoms with Crippen LogP contribution in [0, 0.1) is 0 Å². The first-order valence-corrected chi connectivity index (χ1v) is 9.20. The Morgan fingerprint density at radius 3 is 2.22 bits per heavy atom. The van der Waals surface area contributed by atoms with E-state index in [-0.39, 0.29) is 5.75 Å². The molecule has 0 spiro atoms. The second kappa shape index (κ2) is 6.00. The zero-order chi connectivity index (χ0) is 17.5. The monoisotopic (exact) mass is 341 g/mol. The number of hydrogen-bond acceptors (Lipinski definition) is 5. The van der Waals surface area contributed by atoms with Crippen molar-refractivity contribution in [2.75, 3.05) is 17.6 Å². The van der Waals surface area contributed by atoms with E-state index in [1.807, 2.05) is 27.7 Å². The molecule has 23 heavy (non-hydrogen) atoms. The van der Waals surface area contributed by atoms with Crippen LogP contribution in [0.3, 0.4) is 0 Å². The van der Waals surface area contributed by atoms with Crippen molar-refractivity contribution in [1.29, 1.82) is 0 Å². The summed E-state index contributed by atoms with van der Waals surface area (Å²) in [7, 11) is -2.40. The molecule has 8 heteroatoms. The van der Waals surface area contributed by atoms with E-state index in [0.717, 1.165) is 5.46 Å². The van der Waals surface area contributed by atoms with Crippen molar-refractivity contribution in [1.82, 2.24) is 0 Å². The second-order valence-corrected chi connectivity index (χ2v) is 8.56. The van der Waals surface area contributed by atoms with Crippen LogP contribution in [0.15, 0.2) is 18.2 Å². The lowest BCUT2D eigenvalue weighted by Crippen LogP contribution is -2.41. The Bertz CT molecular complexity index is 671. The molecule has 0 bridgehead atoms. The SMILES string of the molecule is CCS(=O)(=O)Nc1ccc(B2OC(C)(C)C(C)(C)O2)cc1OC. The van der Waals surface area contributed by atoms with E-state index < -0.39 is 28.3 Å². The molecule has 0 amide bonds. The lowest BCUT2D eigenvalue weighted by molar-refractivity contribution is 0.00578. The van der Waals surface area contributed by atoms with Gasteiger partial charge in [0, 0.05) is 0 Å². The highest BCUT2D eigenvalue weighted by Crippen LogP contribution is 2.37. The molecule has 1 aliphatic heterocycles. The molecule has 1 fully saturated rings. The quantitative estimate of drug-likeness (QED) is 0.826. The molecule has 0 unspecified atom stereocenters. The molecule has 0 radical (unpaired) electrons. The predicted molar refractivity (Wildman–Crippen MR) is 91.8 cm³/mol. The summed E-state index contributed by atoms with van der Waals surface area (Å²) in [6, 6.07) is 5.17. The molecule has 1 heterocycles. The first kappa shape index (κ1) is 18.1. The number of nitrogens with one attached hydrogen (secondary N) is 1. The third kappa shape index (κ3) is 3.64. The Morgan fingerprint density at radius 1 is 1.17 bits per heavy atom. The standard InChI is InChI=1S/C15H24BNO5S/c1-7-23(18,19)17-12-9-8-11(10-13(12)20-6)16-21-14(2,3)15(4,5)22-16/h8-10,17H,7H2,1-6H3. The highest BCUT2D eigenvalue weighted by molar-refractivity contribution is 7.92. The molecule has 2 rings (SSSR count). The summed E-state index contributed by atoms with van der Waals surface area (Å²) in [5.74, 6) is 0.420. The lowest BCUT2D eigenvalue weighted by atomic mass is 9.79. The number of ether oxygens (including phenoxy) is 1. The minimum Gasteiger partial charge on any atom is -0.495 e. The number of hydrogen-bond donors (Lipinski definition) is 1. The normalized spacial score (nSPS) is 19.7. The van der Waals surface area contributed by atoms with Gasteiger partial charge in [0.05, 0.1) is 29.8 Å². The van der Waals surface area contributed by atoms with Crippen molar-refractivity contribution in [2.24, 2.45) is 0 Å². The maximum Gasteiger partial charge on any atom is 0.494 e. The molecule has 0 atom stereocenters. The Morgan fingerprint density at radius 2 is 1.74 bits per heavy atom. The van der Waals surface area contributed by atoms with Crippen LogP contribution in [0.2, 0.25) is 0 Å². The zero-order valence-corrected chi connectivity index (χ0v) is 15.3. The molecular formula is C15H24BNO5S. The topological polar surface area (TPSA) is 73.9 Å². The molecule has 1 aliphatic rings. The van der Waals surface area contributed by atoms with Crippen LogP contribution in [0.5, 0.6) is 5.75 Å². The van der Waals surface area contributed by atoms with Gasteiger partial charge in [-0.3, -0.25) is 4.72 Å². The number of sulfonamides is 1. The average molecular weight is 341 g/mol. The summed E-state index contributed by atoms with van der Waals surface area (Å²) in [6.07, 6.45) is 0. The molecule has 0 saturated carbocycles. The Hall–Kier alpha value is -1.25. The van der Waals surface area contributed by atoms with Crippen LogP contribution >= 0.6 is 0 Å². The zero-order valence-electron chi connectivity index (χ0n) is 14.5. The minimum atomic E-state index is -3.37. The predicted octanol–water partition coefficient (Wildman–Crippen LogP) is 1.76. The van der Waals surface area contributed by atoms with Crippen molar-refractivity contribution in [3.05, 3.63) is 18.2 Å². The Labute approximate surface area is 138 Å². The van der Waals surface area contributed by atoms with E-state index in [1.165, 1.54) is 7.11 Å². The molecule has 6 nitrogen and oxygen atoms in total. The Balaban J connectivity index is 2.30. The van der Waals surface area contributed by atoms with Gasteiger partial charge in [0.25, 0.3) is 0 Å². The number of anilines is 1. The number of benzene rings is 1. The van der Waals surface area contributed by atoms with Gasteiger partial charge in [-0.15, -0.1) is 0 Å². The molecule has 1 N–H and O–H groups in total. The van der Waals surface area contributed by atoms with Crippen LogP contribution in [-0.2, 0) is 19.3 Å². The highest BCUT2D eigenvalue weighted by atomic mass is 32.2. The van der Waals surface area contributed by atoms with Gasteiger partial charge in [0.2, 0.25) is 10.0 Å². The van der Waals surface area contributed by atoms with E-state index >= 15 is 0 Å². The highest BCUT2D eigenvalue weighted by Gasteiger charge is 2.51. The molecule has 1 aromatic carbocycles. The fourth-order valence-corrected chi connectivity index (χ4v) is 2.81. The van der Waals surface area contributed by atoms with Crippen molar-refractivity contribution >= 4 is 28.3 Å². The second-order valence-electron chi connectivity index (χ2n) is 6.55. The first-order chi connectivity index (χ1) is 10.5. The van der Waals surface area contributed by atoms with Gasteiger partial charge in [-0.05, 0) is 52.2 Å². The summed E-state index contributed by atoms with van der Waals surface area (Å²) >= 11 is 0. The van der Waals surface area contributed by atoms with Gasteiger partial charge in [0.15, 0.2) is 0 Å². The third-order valence-corrected chi connectivity index (χ3v) is 5.69. The van der Waals surface area contributed by atoms with Crippen LogP contribution < -0.4 is 14.9 Å². The van der Waals surface area contributed by atoms with Gasteiger partial charge in [-0.25, -0.2) is 8.42 Å². The van der Waals surface area contributed by atoms with Crippen molar-refractivity contribution < 1.29 is 22.5 Å². The van der Waals surface area contributed by atoms with Crippen LogP contribution in [0.25, 0.3) is 0 Å². The van der Waals surface area contributed by atoms with Crippen LogP contribution in [0.1, 0.15) is 34.6 Å². The van der Waals surface area contributed by atoms with Gasteiger partial charge in [0.1, 0.15) is 5.75 Å². The van der Waals surface area contributed by atoms with Gasteiger partial charge < -0.3 is 14.0 Å². The van der Waals surface area contributed by atoms with E-state index in [9.17, 15) is 8.42 Å². The lowest BCUT2D eigenvalue weighted by Gasteiger charge is -2.32. The number of methoxy groups -OCH3 is 1. The maximum atomic E-state index is 11.7. The molecule has 1 aromatic rings. The number of rotatable bonds is 5. The van der Waals surface area contributed by atoms with E-state index in [4.69, 9.17) is 14.0 Å². The van der Waals surface area contributed by atoms with E-state index in [0.29, 0.717) is 11.4 Å². The van der Waals surface area contributed by atoms with Crippen molar-refractivity contribution in [2.45, 2.75) is 45.8 Å². The van der Waals surface area contributed by atoms with Crippen LogP contribution in [0.4, 0.5) is 5.69 Å². The largest absolute Gasteiger partial charge is 0.495 e. The summed E-state index contributed by atoms with van der Waals surface area (Å²) < 4.78 is 43.3. The fourth-order valence-electron chi connectivity index (χ4n) is 2.16. The molecular weight excluding hydrogens is 317 g/mol. The molecule has 0 aromatic heterocycles. The van der Waals surface area contributed by atoms with Gasteiger partial charge in [-0.1, -0.05) is 6.07 Å². The minimum absolute atomic E-state index is 0.00483. The summed E-state index contributed by atoms with van der Waals surface area (Å²) in [5.41, 5.74) is 0.301. The fraction of sp³-hybridized carbons (Fsp3) is 0.600. The third-order valence-electron chi connectivity index (χ3n) is 4.40. The van der Waals surface area contributed by atoms with Crippen molar-refractivity contribution in [3.8, 4) is 5.75 Å². The maximum absolute atomic E-state index is 11.7. The van der Waals surface area contributed by atoms with Gasteiger partial charge in [-0.2, -0.15) is 0 Å². The molecule has 1 saturated heterocycles. The molecule has 128 valence electrons. The smallest absolute Gasteiger partial charge is 0.494 e. The van der Waals surface area contributed by atoms with Crippen LogP contribution in [-0.4, -0.2) is 39.6 Å². The van der Waals surface area contributed by atoms with E-state index in [1.54, 1.807) is 25.1 Å². The van der Waals surface area contributed by atoms with Crippen molar-refractivity contribution in [3.63, 3.8) is 0 Å². The summed E-state index contributed by atoms with van der Waals surface area (Å²) in [5, 5.41) is 0. The molecule has 0 aliphatic carbocycles. The Kier molecular flexibility index (Phi) is 4.72. The summed E-state index contributed by atoms with van der Waals surface area (Å²) in [6.45, 7) is 9.50.